The van der Waals surface area contributed by atoms with Gasteiger partial charge in [0.25, 0.3) is 0 Å². The van der Waals surface area contributed by atoms with Crippen LogP contribution < -0.4 is 5.32 Å². The molecule has 1 N–H and O–H groups in total. The summed E-state index contributed by atoms with van der Waals surface area (Å²) in [5.74, 6) is 0. The van der Waals surface area contributed by atoms with E-state index in [9.17, 15) is 0 Å². The van der Waals surface area contributed by atoms with E-state index in [1.54, 1.807) is 0 Å². The lowest BCUT2D eigenvalue weighted by Gasteiger charge is -2.23. The zero-order chi connectivity index (χ0) is 10.8. The lowest BCUT2D eigenvalue weighted by Crippen LogP contribution is -2.36. The van der Waals surface area contributed by atoms with Crippen LogP contribution in [-0.2, 0) is 6.42 Å². The standard InChI is InChI=1S/C13H20N2S/c1-2-13-9-15(7-4-12(1)14-13)6-3-11-5-8-16-10-11/h5,8,10,12-14H,1-4,6-7,9H2. The van der Waals surface area contributed by atoms with Gasteiger partial charge >= 0.3 is 0 Å². The number of rotatable bonds is 3. The van der Waals surface area contributed by atoms with Crippen LogP contribution in [0.3, 0.4) is 0 Å². The Labute approximate surface area is 102 Å². The summed E-state index contributed by atoms with van der Waals surface area (Å²) in [6.07, 6.45) is 5.36. The molecule has 2 unspecified atom stereocenters. The summed E-state index contributed by atoms with van der Waals surface area (Å²) >= 11 is 1.81. The van der Waals surface area contributed by atoms with Crippen molar-refractivity contribution in [2.45, 2.75) is 37.8 Å². The summed E-state index contributed by atoms with van der Waals surface area (Å²) < 4.78 is 0. The van der Waals surface area contributed by atoms with Crippen molar-refractivity contribution in [3.05, 3.63) is 22.4 Å². The van der Waals surface area contributed by atoms with Gasteiger partial charge in [-0.3, -0.25) is 0 Å². The van der Waals surface area contributed by atoms with E-state index in [4.69, 9.17) is 0 Å². The molecule has 0 saturated carbocycles. The molecule has 1 aromatic rings. The molecule has 2 bridgehead atoms. The summed E-state index contributed by atoms with van der Waals surface area (Å²) in [6.45, 7) is 3.79. The molecule has 0 aromatic carbocycles. The van der Waals surface area contributed by atoms with E-state index in [0.29, 0.717) is 0 Å². The first-order chi connectivity index (χ1) is 7.90. The molecule has 16 heavy (non-hydrogen) atoms. The van der Waals surface area contributed by atoms with Crippen molar-refractivity contribution in [2.75, 3.05) is 19.6 Å². The summed E-state index contributed by atoms with van der Waals surface area (Å²) in [5.41, 5.74) is 1.51. The summed E-state index contributed by atoms with van der Waals surface area (Å²) in [4.78, 5) is 2.65. The second kappa shape index (κ2) is 4.86. The van der Waals surface area contributed by atoms with Crippen LogP contribution in [0.5, 0.6) is 0 Å². The number of hydrogen-bond acceptors (Lipinski definition) is 3. The maximum absolute atomic E-state index is 3.74. The Hall–Kier alpha value is -0.380. The number of likely N-dealkylation sites (tertiary alicyclic amines) is 1. The highest BCUT2D eigenvalue weighted by Gasteiger charge is 2.28. The molecular weight excluding hydrogens is 216 g/mol. The van der Waals surface area contributed by atoms with Crippen LogP contribution in [0.2, 0.25) is 0 Å². The quantitative estimate of drug-likeness (QED) is 0.865. The molecule has 0 aliphatic carbocycles. The van der Waals surface area contributed by atoms with Gasteiger partial charge in [-0.2, -0.15) is 11.3 Å². The van der Waals surface area contributed by atoms with Crippen molar-refractivity contribution >= 4 is 11.3 Å². The van der Waals surface area contributed by atoms with Gasteiger partial charge in [-0.05, 0) is 54.6 Å². The number of hydrogen-bond donors (Lipinski definition) is 1. The molecule has 3 rings (SSSR count). The minimum atomic E-state index is 0.773. The van der Waals surface area contributed by atoms with Gasteiger partial charge in [0.1, 0.15) is 0 Å². The van der Waals surface area contributed by atoms with E-state index in [-0.39, 0.29) is 0 Å². The lowest BCUT2D eigenvalue weighted by molar-refractivity contribution is 0.262. The fourth-order valence-corrected chi connectivity index (χ4v) is 3.64. The molecule has 2 nitrogen and oxygen atoms in total. The van der Waals surface area contributed by atoms with Crippen LogP contribution >= 0.6 is 11.3 Å². The lowest BCUT2D eigenvalue weighted by atomic mass is 10.1. The van der Waals surface area contributed by atoms with Crippen molar-refractivity contribution < 1.29 is 0 Å². The minimum absolute atomic E-state index is 0.773. The molecule has 2 fully saturated rings. The maximum atomic E-state index is 3.74. The minimum Gasteiger partial charge on any atom is -0.310 e. The Balaban J connectivity index is 1.51. The number of nitrogens with zero attached hydrogens (tertiary/aromatic N) is 1. The number of thiophene rings is 1. The zero-order valence-corrected chi connectivity index (χ0v) is 10.5. The Kier molecular flexibility index (Phi) is 3.27. The second-order valence-electron chi connectivity index (χ2n) is 5.11. The largest absolute Gasteiger partial charge is 0.310 e. The Bertz CT molecular complexity index is 323. The molecule has 3 heterocycles. The highest BCUT2D eigenvalue weighted by Crippen LogP contribution is 2.20. The van der Waals surface area contributed by atoms with Crippen LogP contribution in [0.15, 0.2) is 16.8 Å². The van der Waals surface area contributed by atoms with Crippen LogP contribution in [-0.4, -0.2) is 36.6 Å². The van der Waals surface area contributed by atoms with E-state index >= 15 is 0 Å². The topological polar surface area (TPSA) is 15.3 Å². The summed E-state index contributed by atoms with van der Waals surface area (Å²) in [5, 5.41) is 8.20. The molecule has 2 atom stereocenters. The fourth-order valence-electron chi connectivity index (χ4n) is 2.94. The first kappa shape index (κ1) is 10.8. The van der Waals surface area contributed by atoms with Crippen molar-refractivity contribution in [1.82, 2.24) is 10.2 Å². The Morgan fingerprint density at radius 2 is 2.25 bits per heavy atom. The molecule has 0 radical (unpaired) electrons. The predicted molar refractivity (Wildman–Crippen MR) is 69.0 cm³/mol. The van der Waals surface area contributed by atoms with Gasteiger partial charge in [-0.25, -0.2) is 0 Å². The van der Waals surface area contributed by atoms with Crippen molar-refractivity contribution in [3.63, 3.8) is 0 Å². The Morgan fingerprint density at radius 1 is 1.31 bits per heavy atom. The Morgan fingerprint density at radius 3 is 3.12 bits per heavy atom. The average molecular weight is 236 g/mol. The first-order valence-electron chi connectivity index (χ1n) is 6.39. The van der Waals surface area contributed by atoms with Crippen molar-refractivity contribution in [2.24, 2.45) is 0 Å². The molecule has 2 aliphatic rings. The second-order valence-corrected chi connectivity index (χ2v) is 5.89. The first-order valence-corrected chi connectivity index (χ1v) is 7.34. The number of fused-ring (bicyclic) bond motifs is 2. The van der Waals surface area contributed by atoms with Crippen LogP contribution in [0.1, 0.15) is 24.8 Å². The maximum Gasteiger partial charge on any atom is 0.0198 e. The molecule has 2 saturated heterocycles. The van der Waals surface area contributed by atoms with Crippen molar-refractivity contribution in [3.8, 4) is 0 Å². The summed E-state index contributed by atoms with van der Waals surface area (Å²) in [7, 11) is 0. The van der Waals surface area contributed by atoms with Crippen LogP contribution in [0, 0.1) is 0 Å². The fraction of sp³-hybridized carbons (Fsp3) is 0.692. The van der Waals surface area contributed by atoms with Gasteiger partial charge in [0.2, 0.25) is 0 Å². The third-order valence-corrected chi connectivity index (χ3v) is 4.64. The smallest absolute Gasteiger partial charge is 0.0198 e. The number of nitrogens with one attached hydrogen (secondary N) is 1. The van der Waals surface area contributed by atoms with Gasteiger partial charge in [0.15, 0.2) is 0 Å². The van der Waals surface area contributed by atoms with Gasteiger partial charge in [-0.1, -0.05) is 0 Å². The third kappa shape index (κ3) is 2.47. The highest BCUT2D eigenvalue weighted by atomic mass is 32.1. The van der Waals surface area contributed by atoms with Crippen LogP contribution in [0.4, 0.5) is 0 Å². The molecular formula is C13H20N2S. The van der Waals surface area contributed by atoms with E-state index in [0.717, 1.165) is 12.1 Å². The highest BCUT2D eigenvalue weighted by molar-refractivity contribution is 7.07. The van der Waals surface area contributed by atoms with Gasteiger partial charge < -0.3 is 10.2 Å². The van der Waals surface area contributed by atoms with Gasteiger partial charge in [0.05, 0.1) is 0 Å². The molecule has 1 aromatic heterocycles. The van der Waals surface area contributed by atoms with E-state index in [1.807, 2.05) is 11.3 Å². The van der Waals surface area contributed by atoms with Crippen LogP contribution in [0.25, 0.3) is 0 Å². The zero-order valence-electron chi connectivity index (χ0n) is 9.69. The predicted octanol–water partition coefficient (Wildman–Crippen LogP) is 2.12. The molecule has 3 heteroatoms. The van der Waals surface area contributed by atoms with E-state index in [1.165, 1.54) is 50.9 Å². The molecule has 0 spiro atoms. The normalized spacial score (nSPS) is 30.5. The summed E-state index contributed by atoms with van der Waals surface area (Å²) in [6, 6.07) is 3.85. The molecule has 2 aliphatic heterocycles. The molecule has 88 valence electrons. The van der Waals surface area contributed by atoms with Gasteiger partial charge in [0, 0.05) is 25.2 Å². The van der Waals surface area contributed by atoms with E-state index in [2.05, 4.69) is 27.0 Å². The third-order valence-electron chi connectivity index (χ3n) is 3.90. The average Bonchev–Trinajstić information content (AvgIpc) is 2.87. The molecule has 0 amide bonds. The monoisotopic (exact) mass is 236 g/mol. The SMILES string of the molecule is c1cc(CCN2CCC3CCC(C2)N3)cs1. The van der Waals surface area contributed by atoms with Crippen molar-refractivity contribution in [1.29, 1.82) is 0 Å². The van der Waals surface area contributed by atoms with Gasteiger partial charge in [-0.15, -0.1) is 0 Å². The van der Waals surface area contributed by atoms with E-state index < -0.39 is 0 Å².